The summed E-state index contributed by atoms with van der Waals surface area (Å²) < 4.78 is 14.9. The molecule has 0 amide bonds. The van der Waals surface area contributed by atoms with Gasteiger partial charge in [0.05, 0.1) is 11.6 Å². The Morgan fingerprint density at radius 3 is 2.54 bits per heavy atom. The van der Waals surface area contributed by atoms with Gasteiger partial charge >= 0.3 is 0 Å². The first kappa shape index (κ1) is 16.8. The fourth-order valence-electron chi connectivity index (χ4n) is 4.26. The number of alkyl halides is 1. The first-order valence-electron chi connectivity index (χ1n) is 9.41. The molecule has 0 saturated carbocycles. The van der Waals surface area contributed by atoms with Crippen LogP contribution >= 0.6 is 0 Å². The van der Waals surface area contributed by atoms with Crippen LogP contribution in [0, 0.1) is 17.2 Å². The molecule has 0 spiro atoms. The van der Waals surface area contributed by atoms with Crippen LogP contribution in [0.15, 0.2) is 54.6 Å². The molecule has 0 unspecified atom stereocenters. The number of hydrogen-bond donors (Lipinski definition) is 0. The van der Waals surface area contributed by atoms with Gasteiger partial charge in [0, 0.05) is 0 Å². The number of aryl methyl sites for hydroxylation is 1. The van der Waals surface area contributed by atoms with Crippen molar-refractivity contribution in [2.24, 2.45) is 5.92 Å². The number of benzene rings is 3. The number of nitrogens with zero attached hydrogens (tertiary/aromatic N) is 1. The van der Waals surface area contributed by atoms with Crippen molar-refractivity contribution in [3.8, 4) is 17.2 Å². The Balaban J connectivity index is 1.74. The standard InChI is InChI=1S/C24H22FN/c1-2-3-18-8-12-22-21-11-9-19(17-6-4-16(15-26)5-7-17)14-20(21)10-13-23(22)24(18)25/h4-7,9-11,13-14,18,24H,2-3,8,12H2,1H3/t18-,24+/m1/s1. The summed E-state index contributed by atoms with van der Waals surface area (Å²) in [5.74, 6) is 0.169. The largest absolute Gasteiger partial charge is 0.242 e. The summed E-state index contributed by atoms with van der Waals surface area (Å²) in [5.41, 5.74) is 4.97. The summed E-state index contributed by atoms with van der Waals surface area (Å²) in [4.78, 5) is 0. The minimum atomic E-state index is -0.832. The minimum Gasteiger partial charge on any atom is -0.242 e. The average molecular weight is 343 g/mol. The Hall–Kier alpha value is -2.66. The molecule has 26 heavy (non-hydrogen) atoms. The van der Waals surface area contributed by atoms with Crippen molar-refractivity contribution in [3.05, 3.63) is 71.3 Å². The summed E-state index contributed by atoms with van der Waals surface area (Å²) in [7, 11) is 0. The molecule has 0 fully saturated rings. The Bertz CT molecular complexity index is 982. The number of fused-ring (bicyclic) bond motifs is 3. The van der Waals surface area contributed by atoms with Gasteiger partial charge in [0.25, 0.3) is 0 Å². The molecule has 1 aliphatic carbocycles. The molecule has 0 heterocycles. The van der Waals surface area contributed by atoms with Gasteiger partial charge in [-0.2, -0.15) is 5.26 Å². The molecule has 3 aromatic rings. The lowest BCUT2D eigenvalue weighted by molar-refractivity contribution is 0.195. The number of halogens is 1. The van der Waals surface area contributed by atoms with Gasteiger partial charge in [-0.15, -0.1) is 0 Å². The SMILES string of the molecule is CCC[C@@H]1CCc2c(ccc3cc(-c4ccc(C#N)cc4)ccc23)[C@H]1F. The number of hydrogen-bond acceptors (Lipinski definition) is 1. The third kappa shape index (κ3) is 2.88. The topological polar surface area (TPSA) is 23.8 Å². The van der Waals surface area contributed by atoms with Gasteiger partial charge in [-0.05, 0) is 76.4 Å². The van der Waals surface area contributed by atoms with Crippen LogP contribution in [0.1, 0.15) is 49.0 Å². The van der Waals surface area contributed by atoms with Gasteiger partial charge < -0.3 is 0 Å². The zero-order valence-corrected chi connectivity index (χ0v) is 15.0. The van der Waals surface area contributed by atoms with E-state index in [1.165, 1.54) is 10.9 Å². The molecule has 0 bridgehead atoms. The second kappa shape index (κ2) is 6.92. The van der Waals surface area contributed by atoms with Crippen molar-refractivity contribution in [1.82, 2.24) is 0 Å². The van der Waals surface area contributed by atoms with Crippen LogP contribution in [0.4, 0.5) is 4.39 Å². The second-order valence-electron chi connectivity index (χ2n) is 7.25. The predicted molar refractivity (Wildman–Crippen MR) is 105 cm³/mol. The van der Waals surface area contributed by atoms with E-state index in [0.29, 0.717) is 5.56 Å². The maximum Gasteiger partial charge on any atom is 0.128 e. The van der Waals surface area contributed by atoms with E-state index < -0.39 is 6.17 Å². The Morgan fingerprint density at radius 1 is 1.04 bits per heavy atom. The van der Waals surface area contributed by atoms with Gasteiger partial charge in [0.1, 0.15) is 6.17 Å². The van der Waals surface area contributed by atoms with E-state index in [-0.39, 0.29) is 5.92 Å². The Labute approximate surface area is 154 Å². The number of rotatable bonds is 3. The van der Waals surface area contributed by atoms with Crippen LogP contribution in [0.25, 0.3) is 21.9 Å². The zero-order chi connectivity index (χ0) is 18.1. The van der Waals surface area contributed by atoms with E-state index in [1.807, 2.05) is 30.3 Å². The van der Waals surface area contributed by atoms with E-state index in [9.17, 15) is 4.39 Å². The lowest BCUT2D eigenvalue weighted by atomic mass is 9.78. The van der Waals surface area contributed by atoms with E-state index in [1.54, 1.807) is 0 Å². The first-order chi connectivity index (χ1) is 12.7. The lowest BCUT2D eigenvalue weighted by Crippen LogP contribution is -2.17. The first-order valence-corrected chi connectivity index (χ1v) is 9.41. The highest BCUT2D eigenvalue weighted by atomic mass is 19.1. The van der Waals surface area contributed by atoms with Crippen molar-refractivity contribution in [3.63, 3.8) is 0 Å². The number of nitriles is 1. The van der Waals surface area contributed by atoms with E-state index in [2.05, 4.69) is 37.3 Å². The molecule has 130 valence electrons. The Morgan fingerprint density at radius 2 is 1.81 bits per heavy atom. The van der Waals surface area contributed by atoms with Crippen LogP contribution in [0.3, 0.4) is 0 Å². The van der Waals surface area contributed by atoms with Crippen LogP contribution in [-0.2, 0) is 6.42 Å². The second-order valence-corrected chi connectivity index (χ2v) is 7.25. The van der Waals surface area contributed by atoms with Crippen LogP contribution < -0.4 is 0 Å². The van der Waals surface area contributed by atoms with Crippen LogP contribution in [0.5, 0.6) is 0 Å². The molecule has 1 aliphatic rings. The smallest absolute Gasteiger partial charge is 0.128 e. The fourth-order valence-corrected chi connectivity index (χ4v) is 4.26. The molecule has 1 nitrogen and oxygen atoms in total. The highest BCUT2D eigenvalue weighted by molar-refractivity contribution is 5.91. The van der Waals surface area contributed by atoms with Crippen molar-refractivity contribution in [2.45, 2.75) is 38.8 Å². The molecule has 0 aromatic heterocycles. The fraction of sp³-hybridized carbons (Fsp3) is 0.292. The molecular weight excluding hydrogens is 321 g/mol. The lowest BCUT2D eigenvalue weighted by Gasteiger charge is -2.29. The van der Waals surface area contributed by atoms with Gasteiger partial charge in [0.2, 0.25) is 0 Å². The summed E-state index contributed by atoms with van der Waals surface area (Å²) in [6.07, 6.45) is 3.09. The molecule has 2 heteroatoms. The van der Waals surface area contributed by atoms with E-state index >= 15 is 0 Å². The summed E-state index contributed by atoms with van der Waals surface area (Å²) in [6.45, 7) is 2.13. The van der Waals surface area contributed by atoms with E-state index in [4.69, 9.17) is 5.26 Å². The normalized spacial score (nSPS) is 19.1. The van der Waals surface area contributed by atoms with Gasteiger partial charge in [-0.3, -0.25) is 0 Å². The van der Waals surface area contributed by atoms with Gasteiger partial charge in [-0.25, -0.2) is 4.39 Å². The molecule has 0 N–H and O–H groups in total. The summed E-state index contributed by atoms with van der Waals surface area (Å²) in [6, 6.07) is 20.2. The predicted octanol–water partition coefficient (Wildman–Crippen LogP) is 6.75. The molecular formula is C24H22FN. The monoisotopic (exact) mass is 343 g/mol. The maximum atomic E-state index is 14.9. The summed E-state index contributed by atoms with van der Waals surface area (Å²) >= 11 is 0. The van der Waals surface area contributed by atoms with Crippen molar-refractivity contribution >= 4 is 10.8 Å². The quantitative estimate of drug-likeness (QED) is 0.516. The minimum absolute atomic E-state index is 0.169. The van der Waals surface area contributed by atoms with Crippen LogP contribution in [0.2, 0.25) is 0 Å². The highest BCUT2D eigenvalue weighted by Gasteiger charge is 2.29. The molecule has 0 aliphatic heterocycles. The zero-order valence-electron chi connectivity index (χ0n) is 15.0. The average Bonchev–Trinajstić information content (AvgIpc) is 2.69. The highest BCUT2D eigenvalue weighted by Crippen LogP contribution is 2.42. The molecule has 3 aromatic carbocycles. The third-order valence-corrected chi connectivity index (χ3v) is 5.65. The Kier molecular flexibility index (Phi) is 4.47. The molecule has 0 saturated heterocycles. The molecule has 2 atom stereocenters. The van der Waals surface area contributed by atoms with Crippen molar-refractivity contribution in [1.29, 1.82) is 5.26 Å². The van der Waals surface area contributed by atoms with Crippen molar-refractivity contribution in [2.75, 3.05) is 0 Å². The third-order valence-electron chi connectivity index (χ3n) is 5.65. The molecule has 4 rings (SSSR count). The maximum absolute atomic E-state index is 14.9. The van der Waals surface area contributed by atoms with E-state index in [0.717, 1.165) is 47.8 Å². The van der Waals surface area contributed by atoms with Gasteiger partial charge in [0.15, 0.2) is 0 Å². The summed E-state index contributed by atoms with van der Waals surface area (Å²) in [5, 5.41) is 11.3. The van der Waals surface area contributed by atoms with Crippen molar-refractivity contribution < 1.29 is 4.39 Å². The molecule has 0 radical (unpaired) electrons. The van der Waals surface area contributed by atoms with Gasteiger partial charge in [-0.1, -0.05) is 49.7 Å². The van der Waals surface area contributed by atoms with Crippen LogP contribution in [-0.4, -0.2) is 0 Å².